The van der Waals surface area contributed by atoms with E-state index in [2.05, 4.69) is 5.32 Å². The number of hydrogen-bond donors (Lipinski definition) is 1. The van der Waals surface area contributed by atoms with E-state index in [1.165, 1.54) is 32.1 Å². The van der Waals surface area contributed by atoms with E-state index in [0.29, 0.717) is 19.1 Å². The summed E-state index contributed by atoms with van der Waals surface area (Å²) in [5.41, 5.74) is -0.0424. The first-order valence-electron chi connectivity index (χ1n) is 9.75. The van der Waals surface area contributed by atoms with Crippen LogP contribution in [0.1, 0.15) is 64.2 Å². The van der Waals surface area contributed by atoms with Crippen molar-refractivity contribution in [1.29, 1.82) is 0 Å². The monoisotopic (exact) mass is 319 g/mol. The Labute approximate surface area is 138 Å². The Morgan fingerprint density at radius 2 is 1.61 bits per heavy atom. The highest BCUT2D eigenvalue weighted by atomic mass is 16.7. The van der Waals surface area contributed by atoms with Gasteiger partial charge in [0.1, 0.15) is 6.10 Å². The second kappa shape index (κ2) is 5.19. The number of hydrogen-bond acceptors (Lipinski definition) is 3. The van der Waals surface area contributed by atoms with Crippen LogP contribution in [-0.2, 0) is 14.3 Å². The van der Waals surface area contributed by atoms with E-state index in [-0.39, 0.29) is 17.3 Å². The van der Waals surface area contributed by atoms with Crippen molar-refractivity contribution in [3.8, 4) is 0 Å². The molecule has 1 spiro atoms. The van der Waals surface area contributed by atoms with Crippen LogP contribution in [0.5, 0.6) is 0 Å². The van der Waals surface area contributed by atoms with Gasteiger partial charge >= 0.3 is 0 Å². The summed E-state index contributed by atoms with van der Waals surface area (Å²) in [5, 5.41) is 3.24. The lowest BCUT2D eigenvalue weighted by molar-refractivity contribution is -0.163. The first kappa shape index (κ1) is 14.7. The summed E-state index contributed by atoms with van der Waals surface area (Å²) < 4.78 is 12.1. The second-order valence-corrected chi connectivity index (χ2v) is 9.08. The lowest BCUT2D eigenvalue weighted by Gasteiger charge is -2.55. The maximum absolute atomic E-state index is 13.0. The molecule has 1 atom stereocenters. The number of carbonyl (C=O) groups excluding carboxylic acids is 1. The molecule has 23 heavy (non-hydrogen) atoms. The van der Waals surface area contributed by atoms with Gasteiger partial charge in [-0.1, -0.05) is 0 Å². The maximum atomic E-state index is 13.0. The van der Waals surface area contributed by atoms with Crippen LogP contribution in [0.25, 0.3) is 0 Å². The number of nitrogens with one attached hydrogen (secondary N) is 1. The van der Waals surface area contributed by atoms with Crippen LogP contribution in [0.3, 0.4) is 0 Å². The fraction of sp³-hybridized carbons (Fsp3) is 0.947. The number of amides is 1. The molecule has 1 amide bonds. The van der Waals surface area contributed by atoms with Gasteiger partial charge in [0.15, 0.2) is 5.79 Å². The topological polar surface area (TPSA) is 47.6 Å². The van der Waals surface area contributed by atoms with Crippen molar-refractivity contribution in [3.05, 3.63) is 0 Å². The molecule has 1 N–H and O–H groups in total. The Bertz CT molecular complexity index is 462. The van der Waals surface area contributed by atoms with E-state index in [9.17, 15) is 4.79 Å². The average Bonchev–Trinajstić information content (AvgIpc) is 3.14. The molecular weight excluding hydrogens is 290 g/mol. The fourth-order valence-corrected chi connectivity index (χ4v) is 6.68. The molecule has 4 bridgehead atoms. The highest BCUT2D eigenvalue weighted by Crippen LogP contribution is 2.60. The minimum atomic E-state index is -0.309. The van der Waals surface area contributed by atoms with Gasteiger partial charge in [-0.05, 0) is 69.1 Å². The van der Waals surface area contributed by atoms with E-state index >= 15 is 0 Å². The standard InChI is InChI=1S/C19H29NO3/c21-17(18-8-13-5-14(9-18)7-15(6-13)10-18)20-11-16-12-22-19(23-16)3-1-2-4-19/h13-16H,1-12H2,(H,20,21). The maximum Gasteiger partial charge on any atom is 0.226 e. The predicted octanol–water partition coefficient (Wildman–Crippen LogP) is 3.00. The first-order chi connectivity index (χ1) is 11.1. The third-order valence-electron chi connectivity index (χ3n) is 7.29. The molecule has 6 aliphatic rings. The van der Waals surface area contributed by atoms with Crippen molar-refractivity contribution in [3.63, 3.8) is 0 Å². The molecule has 0 aromatic rings. The van der Waals surface area contributed by atoms with Crippen LogP contribution in [0, 0.1) is 23.2 Å². The zero-order valence-electron chi connectivity index (χ0n) is 14.0. The van der Waals surface area contributed by atoms with E-state index in [1.807, 2.05) is 0 Å². The van der Waals surface area contributed by atoms with Gasteiger partial charge in [-0.25, -0.2) is 0 Å². The highest BCUT2D eigenvalue weighted by molar-refractivity contribution is 5.83. The predicted molar refractivity (Wildman–Crippen MR) is 85.6 cm³/mol. The fourth-order valence-electron chi connectivity index (χ4n) is 6.68. The molecule has 128 valence electrons. The van der Waals surface area contributed by atoms with Gasteiger partial charge in [0.05, 0.1) is 6.61 Å². The van der Waals surface area contributed by atoms with E-state index < -0.39 is 0 Å². The summed E-state index contributed by atoms with van der Waals surface area (Å²) in [6.45, 7) is 1.27. The third kappa shape index (κ3) is 2.44. The van der Waals surface area contributed by atoms with Crippen LogP contribution in [0.4, 0.5) is 0 Å². The number of carbonyl (C=O) groups is 1. The number of ether oxygens (including phenoxy) is 2. The van der Waals surface area contributed by atoms with E-state index in [0.717, 1.165) is 49.9 Å². The molecule has 1 heterocycles. The van der Waals surface area contributed by atoms with Crippen molar-refractivity contribution in [2.75, 3.05) is 13.2 Å². The normalized spacial score (nSPS) is 46.6. The van der Waals surface area contributed by atoms with Gasteiger partial charge in [-0.2, -0.15) is 0 Å². The average molecular weight is 319 g/mol. The van der Waals surface area contributed by atoms with Gasteiger partial charge in [0.25, 0.3) is 0 Å². The van der Waals surface area contributed by atoms with Gasteiger partial charge < -0.3 is 14.8 Å². The zero-order chi connectivity index (χ0) is 15.5. The van der Waals surface area contributed by atoms with Crippen LogP contribution >= 0.6 is 0 Å². The minimum Gasteiger partial charge on any atom is -0.353 e. The molecule has 5 aliphatic carbocycles. The van der Waals surface area contributed by atoms with Crippen LogP contribution in [0.15, 0.2) is 0 Å². The van der Waals surface area contributed by atoms with Crippen LogP contribution in [0.2, 0.25) is 0 Å². The summed E-state index contributed by atoms with van der Waals surface area (Å²) >= 11 is 0. The summed E-state index contributed by atoms with van der Waals surface area (Å²) in [6, 6.07) is 0. The van der Waals surface area contributed by atoms with E-state index in [4.69, 9.17) is 9.47 Å². The lowest BCUT2D eigenvalue weighted by Crippen LogP contribution is -2.54. The van der Waals surface area contributed by atoms with Crippen LogP contribution < -0.4 is 5.32 Å². The molecule has 1 aliphatic heterocycles. The molecule has 0 aromatic heterocycles. The Morgan fingerprint density at radius 3 is 2.22 bits per heavy atom. The zero-order valence-corrected chi connectivity index (χ0v) is 14.0. The molecular formula is C19H29NO3. The quantitative estimate of drug-likeness (QED) is 0.870. The number of rotatable bonds is 3. The van der Waals surface area contributed by atoms with Gasteiger partial charge in [0.2, 0.25) is 5.91 Å². The molecule has 4 heteroatoms. The Hall–Kier alpha value is -0.610. The van der Waals surface area contributed by atoms with Crippen molar-refractivity contribution in [1.82, 2.24) is 5.32 Å². The third-order valence-corrected chi connectivity index (χ3v) is 7.29. The van der Waals surface area contributed by atoms with Gasteiger partial charge in [0, 0.05) is 24.8 Å². The molecule has 5 saturated carbocycles. The van der Waals surface area contributed by atoms with E-state index in [1.54, 1.807) is 0 Å². The Kier molecular flexibility index (Phi) is 3.32. The smallest absolute Gasteiger partial charge is 0.226 e. The van der Waals surface area contributed by atoms with Crippen molar-refractivity contribution in [2.45, 2.75) is 76.1 Å². The SMILES string of the molecule is O=C(NCC1COC2(CCCC2)O1)C12CC3CC(CC(C3)C1)C2. The minimum absolute atomic E-state index is 0.0424. The Balaban J connectivity index is 1.20. The second-order valence-electron chi connectivity index (χ2n) is 9.08. The van der Waals surface area contributed by atoms with Gasteiger partial charge in [-0.15, -0.1) is 0 Å². The molecule has 1 saturated heterocycles. The lowest BCUT2D eigenvalue weighted by atomic mass is 9.49. The van der Waals surface area contributed by atoms with Gasteiger partial charge in [-0.3, -0.25) is 4.79 Å². The van der Waals surface area contributed by atoms with Crippen LogP contribution in [-0.4, -0.2) is 30.9 Å². The molecule has 4 nitrogen and oxygen atoms in total. The summed E-state index contributed by atoms with van der Waals surface area (Å²) in [7, 11) is 0. The summed E-state index contributed by atoms with van der Waals surface area (Å²) in [4.78, 5) is 13.0. The molecule has 6 rings (SSSR count). The largest absolute Gasteiger partial charge is 0.353 e. The van der Waals surface area contributed by atoms with Crippen molar-refractivity contribution in [2.24, 2.45) is 23.2 Å². The molecule has 6 fully saturated rings. The summed E-state index contributed by atoms with van der Waals surface area (Å²) in [6.07, 6.45) is 12.0. The van der Waals surface area contributed by atoms with Crippen molar-refractivity contribution >= 4 is 5.91 Å². The first-order valence-corrected chi connectivity index (χ1v) is 9.75. The Morgan fingerprint density at radius 1 is 1.00 bits per heavy atom. The molecule has 0 radical (unpaired) electrons. The molecule has 0 aromatic carbocycles. The molecule has 1 unspecified atom stereocenters. The highest BCUT2D eigenvalue weighted by Gasteiger charge is 2.54. The van der Waals surface area contributed by atoms with Crippen molar-refractivity contribution < 1.29 is 14.3 Å². The summed E-state index contributed by atoms with van der Waals surface area (Å²) in [5.74, 6) is 2.46.